The zero-order chi connectivity index (χ0) is 18.5. The third-order valence-corrected chi connectivity index (χ3v) is 5.52. The summed E-state index contributed by atoms with van der Waals surface area (Å²) in [5.41, 5.74) is 0.370. The lowest BCUT2D eigenvalue weighted by molar-refractivity contribution is 0.0597. The van der Waals surface area contributed by atoms with E-state index in [1.165, 1.54) is 7.11 Å². The smallest absolute Gasteiger partial charge is 0.341 e. The summed E-state index contributed by atoms with van der Waals surface area (Å²) in [5, 5.41) is 0. The van der Waals surface area contributed by atoms with E-state index in [2.05, 4.69) is 0 Å². The van der Waals surface area contributed by atoms with Gasteiger partial charge >= 0.3 is 13.6 Å². The number of carbonyl (C=O) groups is 1. The molecule has 6 nitrogen and oxygen atoms in total. The molecule has 0 unspecified atom stereocenters. The standard InChI is InChI=1S/C16H26ClO6P/c1-7-21-24(19,22-8-2)10-12-13(15(18)20-6)11(9-17)14(23-12)16(3,4)5/h7-10H2,1-6H3. The van der Waals surface area contributed by atoms with E-state index < -0.39 is 13.6 Å². The number of esters is 1. The minimum Gasteiger partial charge on any atom is -0.465 e. The monoisotopic (exact) mass is 380 g/mol. The summed E-state index contributed by atoms with van der Waals surface area (Å²) in [6.45, 7) is 9.71. The highest BCUT2D eigenvalue weighted by Gasteiger charge is 2.36. The van der Waals surface area contributed by atoms with Crippen molar-refractivity contribution >= 4 is 25.2 Å². The zero-order valence-electron chi connectivity index (χ0n) is 15.1. The van der Waals surface area contributed by atoms with Crippen LogP contribution in [0.4, 0.5) is 0 Å². The summed E-state index contributed by atoms with van der Waals surface area (Å²) >= 11 is 6.05. The number of furan rings is 1. The van der Waals surface area contributed by atoms with Crippen molar-refractivity contribution in [1.29, 1.82) is 0 Å². The molecule has 0 fully saturated rings. The van der Waals surface area contributed by atoms with Crippen LogP contribution in [0.3, 0.4) is 0 Å². The molecule has 0 aliphatic rings. The van der Waals surface area contributed by atoms with Crippen molar-refractivity contribution in [1.82, 2.24) is 0 Å². The molecule has 1 rings (SSSR count). The minimum absolute atomic E-state index is 0.0775. The van der Waals surface area contributed by atoms with Crippen LogP contribution in [0.25, 0.3) is 0 Å². The van der Waals surface area contributed by atoms with Crippen LogP contribution in [-0.4, -0.2) is 26.3 Å². The predicted octanol–water partition coefficient (Wildman–Crippen LogP) is 4.87. The Labute approximate surface area is 148 Å². The second-order valence-electron chi connectivity index (χ2n) is 6.19. The van der Waals surface area contributed by atoms with Crippen molar-refractivity contribution in [2.45, 2.75) is 52.1 Å². The molecule has 8 heteroatoms. The Kier molecular flexibility index (Phi) is 7.54. The van der Waals surface area contributed by atoms with Crippen LogP contribution in [0.15, 0.2) is 4.42 Å². The van der Waals surface area contributed by atoms with Gasteiger partial charge in [0.1, 0.15) is 23.2 Å². The largest absolute Gasteiger partial charge is 0.465 e. The lowest BCUT2D eigenvalue weighted by Crippen LogP contribution is -2.13. The molecule has 0 atom stereocenters. The van der Waals surface area contributed by atoms with Crippen molar-refractivity contribution < 1.29 is 27.6 Å². The molecule has 0 amide bonds. The van der Waals surface area contributed by atoms with Crippen molar-refractivity contribution in [3.05, 3.63) is 22.6 Å². The first-order chi connectivity index (χ1) is 11.1. The third-order valence-electron chi connectivity index (χ3n) is 3.27. The van der Waals surface area contributed by atoms with Crippen LogP contribution in [0, 0.1) is 0 Å². The Morgan fingerprint density at radius 3 is 2.12 bits per heavy atom. The summed E-state index contributed by atoms with van der Waals surface area (Å²) in [5.74, 6) is 0.272. The Morgan fingerprint density at radius 2 is 1.75 bits per heavy atom. The van der Waals surface area contributed by atoms with E-state index in [0.29, 0.717) is 11.3 Å². The third kappa shape index (κ3) is 4.85. The van der Waals surface area contributed by atoms with Crippen LogP contribution in [0.1, 0.15) is 62.1 Å². The first-order valence-corrected chi connectivity index (χ1v) is 10.1. The van der Waals surface area contributed by atoms with Gasteiger partial charge in [0.25, 0.3) is 0 Å². The number of rotatable bonds is 8. The number of halogens is 1. The Balaban J connectivity index is 3.48. The van der Waals surface area contributed by atoms with Crippen LogP contribution in [0.5, 0.6) is 0 Å². The van der Waals surface area contributed by atoms with Gasteiger partial charge in [-0.25, -0.2) is 4.79 Å². The number of methoxy groups -OCH3 is 1. The van der Waals surface area contributed by atoms with Crippen LogP contribution in [-0.2, 0) is 35.8 Å². The van der Waals surface area contributed by atoms with Gasteiger partial charge in [0.2, 0.25) is 0 Å². The second-order valence-corrected chi connectivity index (χ2v) is 8.51. The van der Waals surface area contributed by atoms with Crippen LogP contribution >= 0.6 is 19.2 Å². The molecule has 0 aromatic carbocycles. The molecular formula is C16H26ClO6P. The van der Waals surface area contributed by atoms with Crippen molar-refractivity contribution in [2.24, 2.45) is 0 Å². The first-order valence-electron chi connectivity index (χ1n) is 7.80. The molecule has 138 valence electrons. The molecule has 0 spiro atoms. The van der Waals surface area contributed by atoms with E-state index >= 15 is 0 Å². The molecule has 1 aromatic rings. The highest BCUT2D eigenvalue weighted by atomic mass is 35.5. The van der Waals surface area contributed by atoms with E-state index in [1.807, 2.05) is 20.8 Å². The first kappa shape index (κ1) is 21.2. The summed E-state index contributed by atoms with van der Waals surface area (Å²) in [6.07, 6.45) is -0.154. The van der Waals surface area contributed by atoms with Crippen LogP contribution < -0.4 is 0 Å². The number of carbonyl (C=O) groups excluding carboxylic acids is 1. The molecule has 1 heterocycles. The molecule has 0 bridgehead atoms. The zero-order valence-corrected chi connectivity index (χ0v) is 16.8. The summed E-state index contributed by atoms with van der Waals surface area (Å²) in [7, 11) is -2.16. The second kappa shape index (κ2) is 8.52. The molecule has 0 radical (unpaired) electrons. The van der Waals surface area contributed by atoms with Gasteiger partial charge in [0.05, 0.1) is 26.2 Å². The topological polar surface area (TPSA) is 75.0 Å². The van der Waals surface area contributed by atoms with Crippen molar-refractivity contribution in [2.75, 3.05) is 20.3 Å². The lowest BCUT2D eigenvalue weighted by Gasteiger charge is -2.17. The van der Waals surface area contributed by atoms with Gasteiger partial charge in [0.15, 0.2) is 0 Å². The van der Waals surface area contributed by atoms with Gasteiger partial charge < -0.3 is 18.2 Å². The Bertz CT molecular complexity index is 607. The number of hydrogen-bond acceptors (Lipinski definition) is 6. The molecule has 1 aromatic heterocycles. The van der Waals surface area contributed by atoms with Gasteiger partial charge in [-0.3, -0.25) is 4.57 Å². The number of hydrogen-bond donors (Lipinski definition) is 0. The molecule has 0 saturated heterocycles. The normalized spacial score (nSPS) is 12.5. The van der Waals surface area contributed by atoms with Gasteiger partial charge in [-0.15, -0.1) is 11.6 Å². The van der Waals surface area contributed by atoms with Gasteiger partial charge in [-0.05, 0) is 13.8 Å². The molecular weight excluding hydrogens is 355 g/mol. The molecule has 0 saturated carbocycles. The quantitative estimate of drug-likeness (QED) is 0.364. The SMILES string of the molecule is CCOP(=O)(Cc1oc(C(C)(C)C)c(CCl)c1C(=O)OC)OCC. The highest BCUT2D eigenvalue weighted by molar-refractivity contribution is 7.53. The maximum atomic E-state index is 12.8. The fraction of sp³-hybridized carbons (Fsp3) is 0.688. The fourth-order valence-electron chi connectivity index (χ4n) is 2.40. The van der Waals surface area contributed by atoms with Crippen molar-refractivity contribution in [3.63, 3.8) is 0 Å². The highest BCUT2D eigenvalue weighted by Crippen LogP contribution is 2.53. The minimum atomic E-state index is -3.43. The van der Waals surface area contributed by atoms with E-state index in [-0.39, 0.29) is 42.0 Å². The summed E-state index contributed by atoms with van der Waals surface area (Å²) in [6, 6.07) is 0. The maximum absolute atomic E-state index is 12.8. The average molecular weight is 381 g/mol. The molecule has 0 aliphatic heterocycles. The number of ether oxygens (including phenoxy) is 1. The van der Waals surface area contributed by atoms with E-state index in [4.69, 9.17) is 29.8 Å². The fourth-order valence-corrected chi connectivity index (χ4v) is 4.27. The van der Waals surface area contributed by atoms with E-state index in [1.54, 1.807) is 13.8 Å². The maximum Gasteiger partial charge on any atom is 0.341 e. The predicted molar refractivity (Wildman–Crippen MR) is 92.9 cm³/mol. The van der Waals surface area contributed by atoms with E-state index in [9.17, 15) is 9.36 Å². The van der Waals surface area contributed by atoms with E-state index in [0.717, 1.165) is 0 Å². The van der Waals surface area contributed by atoms with Gasteiger partial charge in [-0.2, -0.15) is 0 Å². The molecule has 24 heavy (non-hydrogen) atoms. The molecule has 0 aliphatic carbocycles. The molecule has 0 N–H and O–H groups in total. The van der Waals surface area contributed by atoms with Gasteiger partial charge in [0, 0.05) is 11.0 Å². The number of alkyl halides is 1. The van der Waals surface area contributed by atoms with Crippen LogP contribution in [0.2, 0.25) is 0 Å². The Morgan fingerprint density at radius 1 is 1.21 bits per heavy atom. The van der Waals surface area contributed by atoms with Crippen molar-refractivity contribution in [3.8, 4) is 0 Å². The average Bonchev–Trinajstić information content (AvgIpc) is 2.84. The van der Waals surface area contributed by atoms with Gasteiger partial charge in [-0.1, -0.05) is 20.8 Å². The summed E-state index contributed by atoms with van der Waals surface area (Å²) in [4.78, 5) is 12.2. The lowest BCUT2D eigenvalue weighted by atomic mass is 9.90. The Hall–Kier alpha value is -0.810. The summed E-state index contributed by atoms with van der Waals surface area (Å²) < 4.78 is 34.2.